The first kappa shape index (κ1) is 11.9. The fourth-order valence-electron chi connectivity index (χ4n) is 1.85. The zero-order valence-corrected chi connectivity index (χ0v) is 10.1. The van der Waals surface area contributed by atoms with Crippen LogP contribution in [-0.2, 0) is 0 Å². The summed E-state index contributed by atoms with van der Waals surface area (Å²) in [4.78, 5) is 9.63. The number of nitrogens with two attached hydrogens (primary N) is 1. The maximum absolute atomic E-state index is 13.1. The third kappa shape index (κ3) is 2.39. The highest BCUT2D eigenvalue weighted by molar-refractivity contribution is 5.77. The molecule has 2 rings (SSSR count). The van der Waals surface area contributed by atoms with Crippen LogP contribution in [0, 0.1) is 5.82 Å². The van der Waals surface area contributed by atoms with Gasteiger partial charge in [-0.25, -0.2) is 9.37 Å². The lowest BCUT2D eigenvalue weighted by Gasteiger charge is -2.25. The number of imidazole rings is 1. The maximum Gasteiger partial charge on any atom is 0.204 e. The third-order valence-electron chi connectivity index (χ3n) is 2.70. The highest BCUT2D eigenvalue weighted by atomic mass is 19.1. The molecule has 1 aromatic carbocycles. The van der Waals surface area contributed by atoms with Gasteiger partial charge < -0.3 is 15.6 Å². The number of hydrogen-bond acceptors (Lipinski definition) is 3. The van der Waals surface area contributed by atoms with E-state index < -0.39 is 0 Å². The second-order valence-corrected chi connectivity index (χ2v) is 4.30. The van der Waals surface area contributed by atoms with Gasteiger partial charge in [0.1, 0.15) is 5.82 Å². The number of nitrogens with zero attached hydrogens (tertiary/aromatic N) is 2. The largest absolute Gasteiger partial charge is 0.339 e. The Morgan fingerprint density at radius 1 is 1.47 bits per heavy atom. The van der Waals surface area contributed by atoms with Crippen molar-refractivity contribution < 1.29 is 4.39 Å². The molecule has 3 N–H and O–H groups in total. The quantitative estimate of drug-likeness (QED) is 0.852. The molecule has 2 aromatic rings. The van der Waals surface area contributed by atoms with Gasteiger partial charge in [-0.2, -0.15) is 0 Å². The van der Waals surface area contributed by atoms with E-state index in [1.54, 1.807) is 6.07 Å². The van der Waals surface area contributed by atoms with Gasteiger partial charge in [0.25, 0.3) is 0 Å². The average molecular weight is 236 g/mol. The minimum atomic E-state index is -0.261. The molecular weight excluding hydrogens is 219 g/mol. The third-order valence-corrected chi connectivity index (χ3v) is 2.70. The normalized spacial score (nSPS) is 11.4. The number of aromatic nitrogens is 2. The molecule has 0 spiro atoms. The van der Waals surface area contributed by atoms with Gasteiger partial charge in [0.05, 0.1) is 11.0 Å². The van der Waals surface area contributed by atoms with E-state index in [0.717, 1.165) is 18.0 Å². The molecular formula is C12H17FN4. The minimum Gasteiger partial charge on any atom is -0.339 e. The van der Waals surface area contributed by atoms with E-state index in [1.807, 2.05) is 0 Å². The molecule has 0 saturated heterocycles. The molecule has 1 heterocycles. The van der Waals surface area contributed by atoms with Crippen molar-refractivity contribution in [1.29, 1.82) is 0 Å². The van der Waals surface area contributed by atoms with Crippen LogP contribution >= 0.6 is 0 Å². The molecule has 1 aromatic heterocycles. The van der Waals surface area contributed by atoms with Gasteiger partial charge in [0, 0.05) is 19.1 Å². The van der Waals surface area contributed by atoms with E-state index in [9.17, 15) is 4.39 Å². The van der Waals surface area contributed by atoms with Crippen molar-refractivity contribution in [1.82, 2.24) is 9.97 Å². The summed E-state index contributed by atoms with van der Waals surface area (Å²) in [7, 11) is 0. The Bertz CT molecular complexity index is 506. The lowest BCUT2D eigenvalue weighted by molar-refractivity contribution is 0.629. The Labute approximate surface area is 99.6 Å². The van der Waals surface area contributed by atoms with Crippen LogP contribution in [0.3, 0.4) is 0 Å². The van der Waals surface area contributed by atoms with Gasteiger partial charge in [-0.3, -0.25) is 0 Å². The lowest BCUT2D eigenvalue weighted by Crippen LogP contribution is -2.36. The molecule has 0 bridgehead atoms. The SMILES string of the molecule is CC(C)N(CCN)c1nc2ccc(F)cc2[nH]1. The molecule has 17 heavy (non-hydrogen) atoms. The number of hydrogen-bond donors (Lipinski definition) is 2. The van der Waals surface area contributed by atoms with Crippen molar-refractivity contribution in [2.75, 3.05) is 18.0 Å². The van der Waals surface area contributed by atoms with Crippen LogP contribution in [0.4, 0.5) is 10.3 Å². The molecule has 0 aliphatic heterocycles. The van der Waals surface area contributed by atoms with Crippen molar-refractivity contribution in [2.24, 2.45) is 5.73 Å². The standard InChI is InChI=1S/C12H17FN4/c1-8(2)17(6-5-14)12-15-10-4-3-9(13)7-11(10)16-12/h3-4,7-8H,5-6,14H2,1-2H3,(H,15,16). The summed E-state index contributed by atoms with van der Waals surface area (Å²) in [6.45, 7) is 5.43. The van der Waals surface area contributed by atoms with Crippen molar-refractivity contribution in [3.63, 3.8) is 0 Å². The van der Waals surface area contributed by atoms with Crippen molar-refractivity contribution >= 4 is 17.0 Å². The van der Waals surface area contributed by atoms with Crippen molar-refractivity contribution in [2.45, 2.75) is 19.9 Å². The van der Waals surface area contributed by atoms with Gasteiger partial charge in [-0.1, -0.05) is 0 Å². The van der Waals surface area contributed by atoms with Gasteiger partial charge in [0.2, 0.25) is 5.95 Å². The maximum atomic E-state index is 13.1. The fourth-order valence-corrected chi connectivity index (χ4v) is 1.85. The van der Waals surface area contributed by atoms with Crippen molar-refractivity contribution in [3.8, 4) is 0 Å². The van der Waals surface area contributed by atoms with Crippen LogP contribution in [0.5, 0.6) is 0 Å². The first-order valence-corrected chi connectivity index (χ1v) is 5.74. The van der Waals surface area contributed by atoms with Crippen LogP contribution in [0.2, 0.25) is 0 Å². The van der Waals surface area contributed by atoms with Crippen LogP contribution in [0.25, 0.3) is 11.0 Å². The van der Waals surface area contributed by atoms with Gasteiger partial charge in [-0.05, 0) is 32.0 Å². The Hall–Kier alpha value is -1.62. The summed E-state index contributed by atoms with van der Waals surface area (Å²) in [6.07, 6.45) is 0. The summed E-state index contributed by atoms with van der Waals surface area (Å²) >= 11 is 0. The smallest absolute Gasteiger partial charge is 0.204 e. The number of fused-ring (bicyclic) bond motifs is 1. The second kappa shape index (κ2) is 4.71. The summed E-state index contributed by atoms with van der Waals surface area (Å²) < 4.78 is 13.1. The lowest BCUT2D eigenvalue weighted by atomic mass is 10.3. The molecule has 0 saturated carbocycles. The Balaban J connectivity index is 2.40. The first-order valence-electron chi connectivity index (χ1n) is 5.74. The average Bonchev–Trinajstić information content (AvgIpc) is 2.67. The van der Waals surface area contributed by atoms with E-state index in [-0.39, 0.29) is 5.82 Å². The van der Waals surface area contributed by atoms with E-state index in [2.05, 4.69) is 28.7 Å². The molecule has 0 radical (unpaired) electrons. The highest BCUT2D eigenvalue weighted by Crippen LogP contribution is 2.19. The Morgan fingerprint density at radius 2 is 2.24 bits per heavy atom. The number of nitrogens with one attached hydrogen (secondary N) is 1. The number of anilines is 1. The van der Waals surface area contributed by atoms with Gasteiger partial charge >= 0.3 is 0 Å². The number of rotatable bonds is 4. The molecule has 4 nitrogen and oxygen atoms in total. The van der Waals surface area contributed by atoms with Gasteiger partial charge in [0.15, 0.2) is 0 Å². The Morgan fingerprint density at radius 3 is 2.88 bits per heavy atom. The predicted octanol–water partition coefficient (Wildman–Crippen LogP) is 1.88. The summed E-state index contributed by atoms with van der Waals surface area (Å²) in [6, 6.07) is 4.83. The molecule has 0 atom stereocenters. The zero-order valence-electron chi connectivity index (χ0n) is 10.1. The van der Waals surface area contributed by atoms with Gasteiger partial charge in [-0.15, -0.1) is 0 Å². The van der Waals surface area contributed by atoms with E-state index in [4.69, 9.17) is 5.73 Å². The minimum absolute atomic E-state index is 0.261. The molecule has 0 aliphatic carbocycles. The molecule has 92 valence electrons. The predicted molar refractivity (Wildman–Crippen MR) is 67.6 cm³/mol. The van der Waals surface area contributed by atoms with Crippen molar-refractivity contribution in [3.05, 3.63) is 24.0 Å². The number of aromatic amines is 1. The monoisotopic (exact) mass is 236 g/mol. The second-order valence-electron chi connectivity index (χ2n) is 4.30. The first-order chi connectivity index (χ1) is 8.11. The van der Waals surface area contributed by atoms with Crippen LogP contribution in [-0.4, -0.2) is 29.1 Å². The van der Waals surface area contributed by atoms with E-state index >= 15 is 0 Å². The molecule has 0 fully saturated rings. The summed E-state index contributed by atoms with van der Waals surface area (Å²) in [5.41, 5.74) is 7.06. The number of benzene rings is 1. The highest BCUT2D eigenvalue weighted by Gasteiger charge is 2.13. The van der Waals surface area contributed by atoms with Crippen LogP contribution in [0.15, 0.2) is 18.2 Å². The zero-order chi connectivity index (χ0) is 12.4. The molecule has 5 heteroatoms. The molecule has 0 aliphatic rings. The number of halogens is 1. The number of H-pyrrole nitrogens is 1. The Kier molecular flexibility index (Phi) is 3.28. The summed E-state index contributed by atoms with van der Waals surface area (Å²) in [5, 5.41) is 0. The summed E-state index contributed by atoms with van der Waals surface area (Å²) in [5.74, 6) is 0.480. The van der Waals surface area contributed by atoms with E-state index in [1.165, 1.54) is 12.1 Å². The van der Waals surface area contributed by atoms with E-state index in [0.29, 0.717) is 18.1 Å². The molecule has 0 unspecified atom stereocenters. The van der Waals surface area contributed by atoms with Crippen LogP contribution in [0.1, 0.15) is 13.8 Å². The fraction of sp³-hybridized carbons (Fsp3) is 0.417. The topological polar surface area (TPSA) is 57.9 Å². The molecule has 0 amide bonds. The van der Waals surface area contributed by atoms with Crippen LogP contribution < -0.4 is 10.6 Å².